The van der Waals surface area contributed by atoms with Gasteiger partial charge in [-0.3, -0.25) is 4.90 Å². The number of ether oxygens (including phenoxy) is 1. The molecule has 0 saturated heterocycles. The van der Waals surface area contributed by atoms with Gasteiger partial charge in [-0.05, 0) is 75.0 Å². The van der Waals surface area contributed by atoms with Crippen molar-refractivity contribution in [2.24, 2.45) is 0 Å². The summed E-state index contributed by atoms with van der Waals surface area (Å²) in [4.78, 5) is 19.3. The summed E-state index contributed by atoms with van der Waals surface area (Å²) < 4.78 is 21.8. The smallest absolute Gasteiger partial charge is 0.223 e. The number of nitrogens with zero attached hydrogens (tertiary/aromatic N) is 6. The quantitative estimate of drug-likeness (QED) is 0.189. The first-order valence-corrected chi connectivity index (χ1v) is 14.9. The minimum absolute atomic E-state index is 0.218. The first-order chi connectivity index (χ1) is 20.4. The predicted molar refractivity (Wildman–Crippen MR) is 166 cm³/mol. The maximum Gasteiger partial charge on any atom is 0.223 e. The van der Waals surface area contributed by atoms with Crippen LogP contribution >= 0.6 is 0 Å². The van der Waals surface area contributed by atoms with Gasteiger partial charge >= 0.3 is 0 Å². The lowest BCUT2D eigenvalue weighted by atomic mass is 10.1. The van der Waals surface area contributed by atoms with Crippen LogP contribution in [-0.2, 0) is 13.0 Å². The Balaban J connectivity index is 1.51. The zero-order valence-corrected chi connectivity index (χ0v) is 25.2. The van der Waals surface area contributed by atoms with E-state index in [1.54, 1.807) is 25.4 Å². The maximum atomic E-state index is 13.9. The molecule has 1 aliphatic rings. The number of hydrogen-bond donors (Lipinski definition) is 1. The van der Waals surface area contributed by atoms with Gasteiger partial charge < -0.3 is 19.5 Å². The van der Waals surface area contributed by atoms with Gasteiger partial charge in [0.1, 0.15) is 17.4 Å². The molecular weight excluding hydrogens is 529 g/mol. The average Bonchev–Trinajstić information content (AvgIpc) is 3.56. The summed E-state index contributed by atoms with van der Waals surface area (Å²) in [7, 11) is 5.93. The Morgan fingerprint density at radius 3 is 2.67 bits per heavy atom. The Morgan fingerprint density at radius 1 is 1.07 bits per heavy atom. The highest BCUT2D eigenvalue weighted by Crippen LogP contribution is 2.39. The number of halogens is 1. The average molecular weight is 572 g/mol. The van der Waals surface area contributed by atoms with Gasteiger partial charge in [0, 0.05) is 56.9 Å². The Hall–Kier alpha value is -3.82. The van der Waals surface area contributed by atoms with Crippen LogP contribution < -0.4 is 10.1 Å². The monoisotopic (exact) mass is 571 g/mol. The molecule has 0 amide bonds. The maximum absolute atomic E-state index is 13.9. The summed E-state index contributed by atoms with van der Waals surface area (Å²) in [6.45, 7) is 6.58. The van der Waals surface area contributed by atoms with Crippen LogP contribution in [0, 0.1) is 5.82 Å². The molecule has 9 heteroatoms. The van der Waals surface area contributed by atoms with E-state index >= 15 is 0 Å². The summed E-state index contributed by atoms with van der Waals surface area (Å²) in [5.41, 5.74) is 4.73. The number of hydrogen-bond acceptors (Lipinski definition) is 7. The van der Waals surface area contributed by atoms with E-state index in [4.69, 9.17) is 14.7 Å². The number of rotatable bonds is 14. The van der Waals surface area contributed by atoms with Gasteiger partial charge in [0.05, 0.1) is 24.2 Å². The Labute approximate surface area is 248 Å². The molecule has 3 heterocycles. The topological polar surface area (TPSA) is 71.3 Å². The molecule has 2 aromatic heterocycles. The minimum atomic E-state index is -0.261. The molecular formula is C33H42FN7O. The Morgan fingerprint density at radius 2 is 1.90 bits per heavy atom. The first kappa shape index (κ1) is 29.7. The van der Waals surface area contributed by atoms with Crippen molar-refractivity contribution in [1.82, 2.24) is 29.3 Å². The largest absolute Gasteiger partial charge is 0.497 e. The number of nitrogens with one attached hydrogen (secondary N) is 1. The number of likely N-dealkylation sites (N-methyl/N-ethyl adjacent to an activating group) is 1. The summed E-state index contributed by atoms with van der Waals surface area (Å²) in [6.07, 6.45) is 5.84. The number of anilines is 1. The number of fused-ring (bicyclic) bond motifs is 1. The van der Waals surface area contributed by atoms with Crippen molar-refractivity contribution in [3.05, 3.63) is 78.0 Å². The van der Waals surface area contributed by atoms with Crippen LogP contribution in [0.4, 0.5) is 10.3 Å². The molecule has 42 heavy (non-hydrogen) atoms. The molecule has 5 rings (SSSR count). The number of benzene rings is 2. The molecule has 222 valence electrons. The van der Waals surface area contributed by atoms with Crippen LogP contribution in [0.5, 0.6) is 5.75 Å². The van der Waals surface area contributed by atoms with Crippen molar-refractivity contribution in [3.63, 3.8) is 0 Å². The van der Waals surface area contributed by atoms with Gasteiger partial charge in [0.25, 0.3) is 0 Å². The van der Waals surface area contributed by atoms with Crippen LogP contribution in [0.1, 0.15) is 43.6 Å². The number of aromatic nitrogens is 4. The highest BCUT2D eigenvalue weighted by atomic mass is 19.1. The summed E-state index contributed by atoms with van der Waals surface area (Å²) in [5.74, 6) is 2.27. The Kier molecular flexibility index (Phi) is 9.81. The van der Waals surface area contributed by atoms with Gasteiger partial charge in [-0.1, -0.05) is 25.5 Å². The molecule has 0 saturated carbocycles. The number of imidazole rings is 1. The molecule has 0 fully saturated rings. The molecule has 4 aromatic rings. The predicted octanol–water partition coefficient (Wildman–Crippen LogP) is 5.92. The lowest BCUT2D eigenvalue weighted by Gasteiger charge is -2.28. The van der Waals surface area contributed by atoms with Crippen LogP contribution in [0.3, 0.4) is 0 Å². The van der Waals surface area contributed by atoms with Gasteiger partial charge in [-0.2, -0.15) is 0 Å². The van der Waals surface area contributed by atoms with Gasteiger partial charge in [0.2, 0.25) is 5.95 Å². The van der Waals surface area contributed by atoms with E-state index in [-0.39, 0.29) is 11.9 Å². The second-order valence-electron chi connectivity index (χ2n) is 11.2. The van der Waals surface area contributed by atoms with Crippen molar-refractivity contribution in [2.45, 2.75) is 45.2 Å². The molecule has 0 radical (unpaired) electrons. The van der Waals surface area contributed by atoms with E-state index in [9.17, 15) is 4.39 Å². The zero-order valence-electron chi connectivity index (χ0n) is 25.2. The number of methoxy groups -OCH3 is 1. The molecule has 1 N–H and O–H groups in total. The van der Waals surface area contributed by atoms with Crippen LogP contribution in [-0.4, -0.2) is 76.7 Å². The van der Waals surface area contributed by atoms with E-state index in [0.717, 1.165) is 92.6 Å². The second kappa shape index (κ2) is 13.9. The third kappa shape index (κ3) is 7.14. The SMILES string of the molecule is CCCCNc1nccc(-c2c(-c3ccc(F)cc3)nc3n2C(CN(CCN(C)C)Cc2cccc(OC)c2)CC3)n1. The molecule has 2 aromatic carbocycles. The Bertz CT molecular complexity index is 1450. The number of aryl methyl sites for hydroxylation is 1. The van der Waals surface area contributed by atoms with E-state index < -0.39 is 0 Å². The van der Waals surface area contributed by atoms with E-state index in [2.05, 4.69) is 63.9 Å². The van der Waals surface area contributed by atoms with Crippen molar-refractivity contribution < 1.29 is 9.13 Å². The zero-order chi connectivity index (χ0) is 29.5. The van der Waals surface area contributed by atoms with E-state index in [1.165, 1.54) is 17.7 Å². The fourth-order valence-electron chi connectivity index (χ4n) is 5.56. The highest BCUT2D eigenvalue weighted by molar-refractivity contribution is 5.78. The van der Waals surface area contributed by atoms with Crippen molar-refractivity contribution in [2.75, 3.05) is 52.7 Å². The third-order valence-corrected chi connectivity index (χ3v) is 7.75. The van der Waals surface area contributed by atoms with Crippen molar-refractivity contribution in [3.8, 4) is 28.4 Å². The highest BCUT2D eigenvalue weighted by Gasteiger charge is 2.32. The fourth-order valence-corrected chi connectivity index (χ4v) is 5.56. The van der Waals surface area contributed by atoms with Crippen molar-refractivity contribution >= 4 is 5.95 Å². The normalized spacial score (nSPS) is 14.5. The van der Waals surface area contributed by atoms with Crippen LogP contribution in [0.2, 0.25) is 0 Å². The molecule has 1 aliphatic heterocycles. The minimum Gasteiger partial charge on any atom is -0.497 e. The van der Waals surface area contributed by atoms with Crippen LogP contribution in [0.25, 0.3) is 22.6 Å². The number of unbranched alkanes of at least 4 members (excludes halogenated alkanes) is 1. The standard InChI is InChI=1S/C33H42FN7O/c1-5-6-17-35-33-36-18-16-29(37-33)32-31(25-10-12-26(34)13-11-25)38-30-15-14-27(41(30)32)23-40(20-19-39(2)3)22-24-8-7-9-28(21-24)42-4/h7-13,16,18,21,27H,5-6,14-15,17,19-20,22-23H2,1-4H3,(H,35,36,37). The third-order valence-electron chi connectivity index (χ3n) is 7.75. The summed E-state index contributed by atoms with van der Waals surface area (Å²) >= 11 is 0. The first-order valence-electron chi connectivity index (χ1n) is 14.9. The van der Waals surface area contributed by atoms with Gasteiger partial charge in [-0.25, -0.2) is 19.3 Å². The van der Waals surface area contributed by atoms with E-state index in [1.807, 2.05) is 12.1 Å². The summed E-state index contributed by atoms with van der Waals surface area (Å²) in [5, 5.41) is 3.37. The molecule has 0 bridgehead atoms. The van der Waals surface area contributed by atoms with E-state index in [0.29, 0.717) is 5.95 Å². The van der Waals surface area contributed by atoms with Crippen molar-refractivity contribution in [1.29, 1.82) is 0 Å². The van der Waals surface area contributed by atoms with Crippen LogP contribution in [0.15, 0.2) is 60.8 Å². The molecule has 1 atom stereocenters. The van der Waals surface area contributed by atoms with Gasteiger partial charge in [0.15, 0.2) is 0 Å². The molecule has 0 aliphatic carbocycles. The lowest BCUT2D eigenvalue weighted by molar-refractivity contribution is 0.204. The molecule has 1 unspecified atom stereocenters. The summed E-state index contributed by atoms with van der Waals surface area (Å²) in [6, 6.07) is 17.1. The molecule has 8 nitrogen and oxygen atoms in total. The van der Waals surface area contributed by atoms with Gasteiger partial charge in [-0.15, -0.1) is 0 Å². The fraction of sp³-hybridized carbons (Fsp3) is 0.424. The lowest BCUT2D eigenvalue weighted by Crippen LogP contribution is -2.35. The second-order valence-corrected chi connectivity index (χ2v) is 11.2. The molecule has 0 spiro atoms.